The Kier molecular flexibility index (Phi) is 4.99. The first-order chi connectivity index (χ1) is 15.1. The fourth-order valence-electron chi connectivity index (χ4n) is 6.97. The number of carbonyl (C=O) groups is 2. The fraction of sp³-hybridized carbons (Fsp3) is 0.692. The molecule has 1 aliphatic heterocycles. The normalized spacial score (nSPS) is 37.6. The monoisotopic (exact) mass is 439 g/mol. The standard InChI is InChI=1S/C26H37N3O3/c1-17-13-25-14-18(12-20(25)15-25)21(17)27-22(30)29-11-10-26(16-29,19-8-6-5-7-9-19)28-23(31)32-24(2,3)4/h5-9,17-18,20-21H,10-16H2,1-4H3,(H,27,30)(H,28,31). The van der Waals surface area contributed by atoms with Gasteiger partial charge in [-0.15, -0.1) is 0 Å². The molecule has 3 saturated carbocycles. The van der Waals surface area contributed by atoms with Crippen LogP contribution in [0.1, 0.15) is 65.4 Å². The van der Waals surface area contributed by atoms with E-state index in [1.807, 2.05) is 56.0 Å². The number of ether oxygens (including phenoxy) is 1. The van der Waals surface area contributed by atoms with Crippen molar-refractivity contribution in [3.63, 3.8) is 0 Å². The van der Waals surface area contributed by atoms with E-state index >= 15 is 0 Å². The van der Waals surface area contributed by atoms with Crippen molar-refractivity contribution in [2.24, 2.45) is 23.2 Å². The minimum atomic E-state index is -0.641. The van der Waals surface area contributed by atoms with Crippen LogP contribution in [0.15, 0.2) is 30.3 Å². The lowest BCUT2D eigenvalue weighted by molar-refractivity contribution is 0.0455. The molecule has 1 spiro atoms. The second-order valence-corrected chi connectivity index (χ2v) is 11.9. The topological polar surface area (TPSA) is 70.7 Å². The van der Waals surface area contributed by atoms with Gasteiger partial charge in [-0.05, 0) is 81.6 Å². The molecule has 4 fully saturated rings. The van der Waals surface area contributed by atoms with Crippen molar-refractivity contribution < 1.29 is 14.3 Å². The summed E-state index contributed by atoms with van der Waals surface area (Å²) in [5.41, 5.74) is 0.412. The van der Waals surface area contributed by atoms with Crippen molar-refractivity contribution >= 4 is 12.1 Å². The van der Waals surface area contributed by atoms with Crippen molar-refractivity contribution in [1.82, 2.24) is 15.5 Å². The number of benzene rings is 1. The molecule has 4 aliphatic rings. The minimum absolute atomic E-state index is 0.00201. The first kappa shape index (κ1) is 21.6. The number of hydrogen-bond acceptors (Lipinski definition) is 3. The Morgan fingerprint density at radius 3 is 2.59 bits per heavy atom. The van der Waals surface area contributed by atoms with Crippen LogP contribution in [0.2, 0.25) is 0 Å². The van der Waals surface area contributed by atoms with Gasteiger partial charge in [-0.1, -0.05) is 37.3 Å². The van der Waals surface area contributed by atoms with Crippen molar-refractivity contribution in [1.29, 1.82) is 0 Å². The Hall–Kier alpha value is -2.24. The van der Waals surface area contributed by atoms with E-state index in [0.717, 1.165) is 11.5 Å². The Bertz CT molecular complexity index is 897. The number of carbonyl (C=O) groups excluding carboxylic acids is 2. The molecular weight excluding hydrogens is 402 g/mol. The van der Waals surface area contributed by atoms with E-state index in [-0.39, 0.29) is 12.1 Å². The Labute approximate surface area is 191 Å². The zero-order chi connectivity index (χ0) is 22.7. The van der Waals surface area contributed by atoms with Crippen LogP contribution in [0.3, 0.4) is 0 Å². The lowest BCUT2D eigenvalue weighted by atomic mass is 9.74. The van der Waals surface area contributed by atoms with E-state index in [0.29, 0.717) is 36.8 Å². The van der Waals surface area contributed by atoms with E-state index in [9.17, 15) is 9.59 Å². The van der Waals surface area contributed by atoms with Crippen LogP contribution in [0.4, 0.5) is 9.59 Å². The van der Waals surface area contributed by atoms with E-state index in [1.165, 1.54) is 25.7 Å². The summed E-state index contributed by atoms with van der Waals surface area (Å²) in [5.74, 6) is 2.07. The molecule has 1 aromatic rings. The number of amides is 3. The summed E-state index contributed by atoms with van der Waals surface area (Å²) in [7, 11) is 0. The van der Waals surface area contributed by atoms with Crippen molar-refractivity contribution in [2.75, 3.05) is 13.1 Å². The van der Waals surface area contributed by atoms with Gasteiger partial charge in [0.25, 0.3) is 0 Å². The first-order valence-electron chi connectivity index (χ1n) is 12.2. The highest BCUT2D eigenvalue weighted by Gasteiger charge is 2.64. The van der Waals surface area contributed by atoms with Crippen LogP contribution < -0.4 is 10.6 Å². The molecule has 6 heteroatoms. The molecule has 3 amide bonds. The molecule has 174 valence electrons. The van der Waals surface area contributed by atoms with Gasteiger partial charge in [0.15, 0.2) is 0 Å². The van der Waals surface area contributed by atoms with Crippen molar-refractivity contribution in [3.8, 4) is 0 Å². The highest BCUT2D eigenvalue weighted by molar-refractivity contribution is 5.76. The molecule has 2 N–H and O–H groups in total. The third-order valence-corrected chi connectivity index (χ3v) is 8.38. The minimum Gasteiger partial charge on any atom is -0.444 e. The molecule has 32 heavy (non-hydrogen) atoms. The van der Waals surface area contributed by atoms with Gasteiger partial charge in [0.2, 0.25) is 0 Å². The van der Waals surface area contributed by atoms with Gasteiger partial charge in [0.1, 0.15) is 5.60 Å². The summed E-state index contributed by atoms with van der Waals surface area (Å²) in [6, 6.07) is 10.2. The average Bonchev–Trinajstić information content (AvgIpc) is 3.06. The number of hydrogen-bond donors (Lipinski definition) is 2. The largest absolute Gasteiger partial charge is 0.444 e. The van der Waals surface area contributed by atoms with Crippen LogP contribution in [0.25, 0.3) is 0 Å². The van der Waals surface area contributed by atoms with Gasteiger partial charge >= 0.3 is 12.1 Å². The number of alkyl carbamates (subject to hydrolysis) is 1. The Morgan fingerprint density at radius 1 is 1.12 bits per heavy atom. The van der Waals surface area contributed by atoms with E-state index in [1.54, 1.807) is 0 Å². The molecule has 5 rings (SSSR count). The zero-order valence-electron chi connectivity index (χ0n) is 19.8. The number of urea groups is 1. The number of nitrogens with zero attached hydrogens (tertiary/aromatic N) is 1. The smallest absolute Gasteiger partial charge is 0.408 e. The first-order valence-corrected chi connectivity index (χ1v) is 12.2. The number of fused-ring (bicyclic) bond motifs is 1. The fourth-order valence-corrected chi connectivity index (χ4v) is 6.97. The predicted molar refractivity (Wildman–Crippen MR) is 123 cm³/mol. The van der Waals surface area contributed by atoms with Crippen LogP contribution in [0.5, 0.6) is 0 Å². The number of nitrogens with one attached hydrogen (secondary N) is 2. The molecule has 6 nitrogen and oxygen atoms in total. The van der Waals surface area contributed by atoms with E-state index in [2.05, 4.69) is 17.6 Å². The van der Waals surface area contributed by atoms with Crippen LogP contribution in [-0.2, 0) is 10.3 Å². The van der Waals surface area contributed by atoms with Gasteiger partial charge < -0.3 is 20.3 Å². The molecule has 2 bridgehead atoms. The quantitative estimate of drug-likeness (QED) is 0.720. The van der Waals surface area contributed by atoms with Gasteiger partial charge in [-0.2, -0.15) is 0 Å². The number of likely N-dealkylation sites (tertiary alicyclic amines) is 1. The molecule has 6 unspecified atom stereocenters. The third kappa shape index (κ3) is 3.86. The van der Waals surface area contributed by atoms with Gasteiger partial charge in [0.05, 0.1) is 5.54 Å². The Morgan fingerprint density at radius 2 is 1.88 bits per heavy atom. The summed E-state index contributed by atoms with van der Waals surface area (Å²) in [4.78, 5) is 27.9. The van der Waals surface area contributed by atoms with Gasteiger partial charge in [0, 0.05) is 19.1 Å². The molecule has 3 aliphatic carbocycles. The van der Waals surface area contributed by atoms with Crippen LogP contribution in [0, 0.1) is 23.2 Å². The second-order valence-electron chi connectivity index (χ2n) is 11.9. The zero-order valence-corrected chi connectivity index (χ0v) is 19.8. The third-order valence-electron chi connectivity index (χ3n) is 8.38. The SMILES string of the molecule is CC1CC23CC(CC2C3)C1NC(=O)N1CCC(NC(=O)OC(C)(C)C)(c2ccccc2)C1. The summed E-state index contributed by atoms with van der Waals surface area (Å²) in [6.07, 6.45) is 5.47. The maximum Gasteiger partial charge on any atom is 0.408 e. The maximum absolute atomic E-state index is 13.3. The lowest BCUT2D eigenvalue weighted by Crippen LogP contribution is -2.53. The van der Waals surface area contributed by atoms with Crippen molar-refractivity contribution in [3.05, 3.63) is 35.9 Å². The second kappa shape index (κ2) is 7.39. The molecular formula is C26H37N3O3. The summed E-state index contributed by atoms with van der Waals surface area (Å²) in [5, 5.41) is 6.52. The summed E-state index contributed by atoms with van der Waals surface area (Å²) < 4.78 is 5.56. The summed E-state index contributed by atoms with van der Waals surface area (Å²) in [6.45, 7) is 8.94. The van der Waals surface area contributed by atoms with E-state index in [4.69, 9.17) is 4.74 Å². The summed E-state index contributed by atoms with van der Waals surface area (Å²) >= 11 is 0. The highest BCUT2D eigenvalue weighted by atomic mass is 16.6. The molecule has 0 radical (unpaired) electrons. The van der Waals surface area contributed by atoms with Crippen molar-refractivity contribution in [2.45, 2.75) is 77.0 Å². The molecule has 0 aromatic heterocycles. The van der Waals surface area contributed by atoms with Crippen LogP contribution >= 0.6 is 0 Å². The molecule has 1 heterocycles. The molecule has 1 aromatic carbocycles. The lowest BCUT2D eigenvalue weighted by Gasteiger charge is -2.39. The van der Waals surface area contributed by atoms with Gasteiger partial charge in [-0.3, -0.25) is 0 Å². The van der Waals surface area contributed by atoms with Gasteiger partial charge in [-0.25, -0.2) is 9.59 Å². The molecule has 6 atom stereocenters. The van der Waals surface area contributed by atoms with E-state index < -0.39 is 17.2 Å². The number of rotatable bonds is 3. The highest BCUT2D eigenvalue weighted by Crippen LogP contribution is 2.71. The maximum atomic E-state index is 13.3. The average molecular weight is 440 g/mol. The molecule has 1 saturated heterocycles. The van der Waals surface area contributed by atoms with Crippen LogP contribution in [-0.4, -0.2) is 41.8 Å². The predicted octanol–water partition coefficient (Wildman–Crippen LogP) is 4.65. The Balaban J connectivity index is 1.29.